The Hall–Kier alpha value is -2.20. The summed E-state index contributed by atoms with van der Waals surface area (Å²) in [6.45, 7) is 0.123. The maximum absolute atomic E-state index is 3.53. The zero-order chi connectivity index (χ0) is 13.4. The first-order valence-electron chi connectivity index (χ1n) is 6.67. The summed E-state index contributed by atoms with van der Waals surface area (Å²) in [5.74, 6) is 2.17. The number of hydrogen-bond acceptors (Lipinski definition) is 3. The average molecular weight is 276 g/mol. The number of benzene rings is 2. The van der Waals surface area contributed by atoms with E-state index < -0.39 is 0 Å². The zero-order valence-electron chi connectivity index (χ0n) is 10.8. The molecule has 0 atom stereocenters. The predicted molar refractivity (Wildman–Crippen MR) is 90.3 cm³/mol. The molecule has 0 radical (unpaired) electrons. The summed E-state index contributed by atoms with van der Waals surface area (Å²) in [6, 6.07) is 17.0. The largest absolute Gasteiger partial charge is 0.405 e. The molecule has 0 spiro atoms. The van der Waals surface area contributed by atoms with Crippen molar-refractivity contribution in [3.05, 3.63) is 64.8 Å². The Morgan fingerprint density at radius 2 is 1.65 bits per heavy atom. The number of anilines is 2. The fourth-order valence-electron chi connectivity index (χ4n) is 2.63. The van der Waals surface area contributed by atoms with Crippen molar-refractivity contribution in [2.75, 3.05) is 10.5 Å². The SMILES string of the molecule is C(=C/c1cccs1)/B1Nc2cccc3cccc(c23)N1. The Labute approximate surface area is 122 Å². The van der Waals surface area contributed by atoms with E-state index in [0.717, 1.165) is 0 Å². The highest BCUT2D eigenvalue weighted by Gasteiger charge is 2.20. The highest BCUT2D eigenvalue weighted by Crippen LogP contribution is 2.34. The third kappa shape index (κ3) is 1.98. The molecule has 96 valence electrons. The summed E-state index contributed by atoms with van der Waals surface area (Å²) in [4.78, 5) is 1.27. The number of nitrogens with one attached hydrogen (secondary N) is 2. The van der Waals surface area contributed by atoms with Crippen LogP contribution in [0.2, 0.25) is 0 Å². The molecular weight excluding hydrogens is 263 g/mol. The van der Waals surface area contributed by atoms with Gasteiger partial charge in [-0.05, 0) is 29.0 Å². The van der Waals surface area contributed by atoms with Gasteiger partial charge in [-0.1, -0.05) is 42.4 Å². The second kappa shape index (κ2) is 4.73. The molecule has 1 aliphatic rings. The maximum Gasteiger partial charge on any atom is 0.398 e. The van der Waals surface area contributed by atoms with Gasteiger partial charge < -0.3 is 10.5 Å². The van der Waals surface area contributed by atoms with Gasteiger partial charge in [0.1, 0.15) is 0 Å². The Bertz CT molecular complexity index is 740. The van der Waals surface area contributed by atoms with E-state index in [2.05, 4.69) is 76.4 Å². The number of rotatable bonds is 2. The first-order chi connectivity index (χ1) is 9.90. The van der Waals surface area contributed by atoms with Crippen molar-refractivity contribution in [1.29, 1.82) is 0 Å². The molecule has 0 fully saturated rings. The lowest BCUT2D eigenvalue weighted by Crippen LogP contribution is -2.35. The standard InChI is InChI=1S/C16H13BN2S/c1-4-12-5-2-8-15-16(12)14(7-1)18-17(19-15)10-9-13-6-3-11-20-13/h1-11,18-19H/b10-9-. The molecule has 1 aromatic heterocycles. The van der Waals surface area contributed by atoms with E-state index in [9.17, 15) is 0 Å². The van der Waals surface area contributed by atoms with Crippen LogP contribution in [0.4, 0.5) is 11.4 Å². The van der Waals surface area contributed by atoms with Gasteiger partial charge >= 0.3 is 6.98 Å². The third-order valence-corrected chi connectivity index (χ3v) is 4.36. The lowest BCUT2D eigenvalue weighted by atomic mass is 9.73. The Balaban J connectivity index is 1.69. The van der Waals surface area contributed by atoms with Crippen molar-refractivity contribution in [2.24, 2.45) is 0 Å². The molecule has 4 heteroatoms. The topological polar surface area (TPSA) is 24.1 Å². The molecular formula is C16H13BN2S. The summed E-state index contributed by atoms with van der Waals surface area (Å²) in [6.07, 6.45) is 2.16. The van der Waals surface area contributed by atoms with Crippen LogP contribution in [0.5, 0.6) is 0 Å². The van der Waals surface area contributed by atoms with Crippen LogP contribution in [0, 0.1) is 0 Å². The lowest BCUT2D eigenvalue weighted by molar-refractivity contribution is 1.61. The van der Waals surface area contributed by atoms with E-state index in [4.69, 9.17) is 0 Å². The molecule has 0 unspecified atom stereocenters. The monoisotopic (exact) mass is 276 g/mol. The molecule has 0 saturated carbocycles. The van der Waals surface area contributed by atoms with Crippen molar-refractivity contribution < 1.29 is 0 Å². The molecule has 4 rings (SSSR count). The van der Waals surface area contributed by atoms with E-state index >= 15 is 0 Å². The summed E-state index contributed by atoms with van der Waals surface area (Å²) < 4.78 is 0. The molecule has 1 aliphatic heterocycles. The van der Waals surface area contributed by atoms with Crippen molar-refractivity contribution in [3.63, 3.8) is 0 Å². The number of hydrogen-bond donors (Lipinski definition) is 2. The average Bonchev–Trinajstić information content (AvgIpc) is 2.99. The predicted octanol–water partition coefficient (Wildman–Crippen LogP) is 4.48. The van der Waals surface area contributed by atoms with Crippen LogP contribution in [0.25, 0.3) is 16.8 Å². The Morgan fingerprint density at radius 3 is 2.30 bits per heavy atom. The number of thiophene rings is 1. The first kappa shape index (κ1) is 11.6. The van der Waals surface area contributed by atoms with E-state index in [-0.39, 0.29) is 6.98 Å². The molecule has 0 bridgehead atoms. The van der Waals surface area contributed by atoms with Crippen LogP contribution in [-0.4, -0.2) is 6.98 Å². The smallest absolute Gasteiger partial charge is 0.398 e. The summed E-state index contributed by atoms with van der Waals surface area (Å²) in [7, 11) is 0. The fraction of sp³-hybridized carbons (Fsp3) is 0. The molecule has 3 aromatic rings. The molecule has 20 heavy (non-hydrogen) atoms. The van der Waals surface area contributed by atoms with Gasteiger partial charge in [0.25, 0.3) is 0 Å². The van der Waals surface area contributed by atoms with Gasteiger partial charge in [-0.2, -0.15) is 0 Å². The second-order valence-corrected chi connectivity index (χ2v) is 5.83. The van der Waals surface area contributed by atoms with Crippen LogP contribution in [0.1, 0.15) is 4.88 Å². The van der Waals surface area contributed by atoms with Crippen LogP contribution in [0.15, 0.2) is 59.9 Å². The molecule has 0 aliphatic carbocycles. The first-order valence-corrected chi connectivity index (χ1v) is 7.55. The fourth-order valence-corrected chi connectivity index (χ4v) is 3.25. The van der Waals surface area contributed by atoms with E-state index in [1.807, 2.05) is 0 Å². The van der Waals surface area contributed by atoms with Crippen LogP contribution >= 0.6 is 11.3 Å². The van der Waals surface area contributed by atoms with Gasteiger partial charge in [0.05, 0.1) is 0 Å². The van der Waals surface area contributed by atoms with Crippen molar-refractivity contribution >= 4 is 46.5 Å². The van der Waals surface area contributed by atoms with Gasteiger partial charge in [-0.3, -0.25) is 0 Å². The van der Waals surface area contributed by atoms with Crippen LogP contribution in [0.3, 0.4) is 0 Å². The normalized spacial score (nSPS) is 13.5. The zero-order valence-corrected chi connectivity index (χ0v) is 11.7. The van der Waals surface area contributed by atoms with Gasteiger partial charge in [-0.15, -0.1) is 11.3 Å². The highest BCUT2D eigenvalue weighted by atomic mass is 32.1. The van der Waals surface area contributed by atoms with E-state index in [1.165, 1.54) is 27.0 Å². The Kier molecular flexibility index (Phi) is 2.74. The van der Waals surface area contributed by atoms with Crippen LogP contribution in [-0.2, 0) is 0 Å². The quantitative estimate of drug-likeness (QED) is 0.674. The van der Waals surface area contributed by atoms with Gasteiger partial charge in [-0.25, -0.2) is 0 Å². The molecule has 2 N–H and O–H groups in total. The molecule has 2 heterocycles. The Morgan fingerprint density at radius 1 is 0.900 bits per heavy atom. The van der Waals surface area contributed by atoms with Crippen molar-refractivity contribution in [2.45, 2.75) is 0 Å². The van der Waals surface area contributed by atoms with Gasteiger partial charge in [0.15, 0.2) is 0 Å². The minimum Gasteiger partial charge on any atom is -0.405 e. The molecule has 2 aromatic carbocycles. The highest BCUT2D eigenvalue weighted by molar-refractivity contribution is 7.10. The second-order valence-electron chi connectivity index (χ2n) is 4.85. The van der Waals surface area contributed by atoms with Crippen molar-refractivity contribution in [3.8, 4) is 0 Å². The third-order valence-electron chi connectivity index (χ3n) is 3.52. The minimum atomic E-state index is 0.123. The van der Waals surface area contributed by atoms with Gasteiger partial charge in [0, 0.05) is 21.6 Å². The molecule has 0 amide bonds. The van der Waals surface area contributed by atoms with E-state index in [0.29, 0.717) is 0 Å². The van der Waals surface area contributed by atoms with Crippen molar-refractivity contribution in [1.82, 2.24) is 0 Å². The van der Waals surface area contributed by atoms with Gasteiger partial charge in [0.2, 0.25) is 0 Å². The summed E-state index contributed by atoms with van der Waals surface area (Å²) in [5.41, 5.74) is 2.38. The van der Waals surface area contributed by atoms with E-state index in [1.54, 1.807) is 11.3 Å². The molecule has 2 nitrogen and oxygen atoms in total. The van der Waals surface area contributed by atoms with Crippen LogP contribution < -0.4 is 10.5 Å². The summed E-state index contributed by atoms with van der Waals surface area (Å²) in [5, 5.41) is 11.7. The maximum atomic E-state index is 3.53. The summed E-state index contributed by atoms with van der Waals surface area (Å²) >= 11 is 1.75. The lowest BCUT2D eigenvalue weighted by Gasteiger charge is -2.24. The molecule has 0 saturated heterocycles. The minimum absolute atomic E-state index is 0.123.